The summed E-state index contributed by atoms with van der Waals surface area (Å²) in [6.07, 6.45) is 6.29. The molecule has 10 rings (SSSR count). The van der Waals surface area contributed by atoms with Crippen molar-refractivity contribution in [2.24, 2.45) is 17.8 Å². The highest BCUT2D eigenvalue weighted by molar-refractivity contribution is 5.54. The molecule has 0 aromatic rings. The van der Waals surface area contributed by atoms with Crippen LogP contribution in [0.2, 0.25) is 0 Å². The van der Waals surface area contributed by atoms with E-state index < -0.39 is 18.0 Å². The van der Waals surface area contributed by atoms with Gasteiger partial charge in [-0.15, -0.1) is 0 Å². The molecule has 10 aliphatic heterocycles. The van der Waals surface area contributed by atoms with Crippen molar-refractivity contribution in [2.45, 2.75) is 194 Å². The lowest BCUT2D eigenvalue weighted by molar-refractivity contribution is -0.295. The van der Waals surface area contributed by atoms with Gasteiger partial charge in [0.2, 0.25) is 0 Å². The maximum atomic E-state index is 12.9. The molecule has 10 saturated heterocycles. The van der Waals surface area contributed by atoms with Gasteiger partial charge in [0.1, 0.15) is 36.8 Å². The molecule has 296 valence electrons. The first-order chi connectivity index (χ1) is 25.7. The number of fused-ring (bicyclic) bond motifs is 6. The van der Waals surface area contributed by atoms with E-state index in [-0.39, 0.29) is 116 Å². The minimum atomic E-state index is -0.921. The highest BCUT2D eigenvalue weighted by Gasteiger charge is 2.69. The Balaban J connectivity index is 1.00. The van der Waals surface area contributed by atoms with Crippen LogP contribution >= 0.6 is 0 Å². The highest BCUT2D eigenvalue weighted by atomic mass is 16.8. The van der Waals surface area contributed by atoms with Crippen LogP contribution in [-0.2, 0) is 47.4 Å². The van der Waals surface area contributed by atoms with Crippen LogP contribution in [0.5, 0.6) is 0 Å². The molecule has 10 aliphatic rings. The van der Waals surface area contributed by atoms with Gasteiger partial charge >= 0.3 is 0 Å². The molecular weight excluding hydrogens is 684 g/mol. The molecule has 12 nitrogen and oxygen atoms in total. The molecule has 53 heavy (non-hydrogen) atoms. The zero-order valence-corrected chi connectivity index (χ0v) is 31.3. The van der Waals surface area contributed by atoms with Crippen molar-refractivity contribution in [1.82, 2.24) is 0 Å². The van der Waals surface area contributed by atoms with Crippen LogP contribution in [0.25, 0.3) is 0 Å². The number of ether oxygens (including phenoxy) is 9. The van der Waals surface area contributed by atoms with Gasteiger partial charge in [-0.05, 0) is 74.9 Å². The fourth-order valence-corrected chi connectivity index (χ4v) is 11.6. The largest absolute Gasteiger partial charge is 0.394 e. The van der Waals surface area contributed by atoms with Crippen LogP contribution in [0.3, 0.4) is 0 Å². The summed E-state index contributed by atoms with van der Waals surface area (Å²) in [4.78, 5) is 12.9. The Kier molecular flexibility index (Phi) is 10.5. The van der Waals surface area contributed by atoms with E-state index in [0.717, 1.165) is 56.0 Å². The summed E-state index contributed by atoms with van der Waals surface area (Å²) in [7, 11) is 1.68. The zero-order chi connectivity index (χ0) is 36.6. The first-order valence-electron chi connectivity index (χ1n) is 20.6. The van der Waals surface area contributed by atoms with Gasteiger partial charge in [-0.1, -0.05) is 20.1 Å². The van der Waals surface area contributed by atoms with E-state index >= 15 is 0 Å². The van der Waals surface area contributed by atoms with Crippen molar-refractivity contribution in [3.05, 3.63) is 24.3 Å². The van der Waals surface area contributed by atoms with E-state index in [2.05, 4.69) is 20.1 Å². The third-order valence-corrected chi connectivity index (χ3v) is 14.4. The number of carbonyl (C=O) groups excluding carboxylic acids is 1. The molecule has 0 saturated carbocycles. The van der Waals surface area contributed by atoms with Crippen molar-refractivity contribution in [1.29, 1.82) is 0 Å². The molecule has 10 fully saturated rings. The standard InChI is InChI=1S/C41H60O12/c1-20-13-25-6-8-28-21(2)14-26(46-28)11-12-41-17-34-37(52-41)38-39(51-34)40(53-41)36-30(50-38)10-9-29(49-36)23(18-42)5-7-27-32(16-31(47-25)22(20)3)48-33(35(27)45-4)15-24(44)19-43/h18,20,23-40,43-44H,2-3,5-17,19H2,1,4H3/t20-,23-,24+,25+,26+,27+,28?,29?,30+,31?,32?,33?,34-,35-,36+,37+,38+,39-,40+,41+/m1/s1. The fourth-order valence-electron chi connectivity index (χ4n) is 11.6. The Morgan fingerprint density at radius 1 is 0.811 bits per heavy atom. The third kappa shape index (κ3) is 6.83. The average Bonchev–Trinajstić information content (AvgIpc) is 3.83. The van der Waals surface area contributed by atoms with E-state index in [1.807, 2.05) is 0 Å². The van der Waals surface area contributed by atoms with Gasteiger partial charge in [-0.25, -0.2) is 0 Å². The van der Waals surface area contributed by atoms with Gasteiger partial charge in [-0.2, -0.15) is 0 Å². The normalized spacial score (nSPS) is 52.9. The second-order valence-electron chi connectivity index (χ2n) is 17.7. The van der Waals surface area contributed by atoms with Crippen LogP contribution in [0, 0.1) is 17.8 Å². The SMILES string of the molecule is C=C1C[C@@H]2CC[C@@]34C[C@H]5O[C@H]6[C@@H](O3)[C@H]3OC(CC[C@@H]3O[C@H]6[C@H]5O4)[C@@H](C=O)CC[C@H]3C(CC4O[C@@H](CCC1O2)C[C@@H](C)C4=C)OC(C[C@H](O)CO)[C@@H]3OC. The summed E-state index contributed by atoms with van der Waals surface area (Å²) in [5.74, 6) is -0.922. The quantitative estimate of drug-likeness (QED) is 0.313. The monoisotopic (exact) mass is 744 g/mol. The molecule has 12 bridgehead atoms. The first-order valence-corrected chi connectivity index (χ1v) is 20.6. The maximum absolute atomic E-state index is 12.9. The van der Waals surface area contributed by atoms with Crippen LogP contribution in [0.1, 0.15) is 90.4 Å². The van der Waals surface area contributed by atoms with Gasteiger partial charge < -0.3 is 57.6 Å². The molecule has 10 heterocycles. The Labute approximate surface area is 313 Å². The molecule has 2 N–H and O–H groups in total. The lowest BCUT2D eigenvalue weighted by Crippen LogP contribution is -2.62. The van der Waals surface area contributed by atoms with Gasteiger partial charge in [-0.3, -0.25) is 0 Å². The number of methoxy groups -OCH3 is 1. The summed E-state index contributed by atoms with van der Waals surface area (Å²) in [5, 5.41) is 20.2. The second-order valence-corrected chi connectivity index (χ2v) is 17.7. The Morgan fingerprint density at radius 3 is 2.38 bits per heavy atom. The van der Waals surface area contributed by atoms with Crippen molar-refractivity contribution in [2.75, 3.05) is 13.7 Å². The van der Waals surface area contributed by atoms with Gasteiger partial charge in [0.05, 0.1) is 73.8 Å². The molecule has 12 heteroatoms. The summed E-state index contributed by atoms with van der Waals surface area (Å²) < 4.78 is 60.3. The van der Waals surface area contributed by atoms with Gasteiger partial charge in [0.25, 0.3) is 0 Å². The molecule has 20 atom stereocenters. The number of hydrogen-bond acceptors (Lipinski definition) is 12. The number of aliphatic hydroxyl groups excluding tert-OH is 2. The lowest BCUT2D eigenvalue weighted by atomic mass is 9.80. The van der Waals surface area contributed by atoms with Crippen molar-refractivity contribution in [3.63, 3.8) is 0 Å². The average molecular weight is 745 g/mol. The predicted octanol–water partition coefficient (Wildman–Crippen LogP) is 3.72. The number of carbonyl (C=O) groups is 1. The number of aldehydes is 1. The van der Waals surface area contributed by atoms with Crippen LogP contribution in [-0.4, -0.2) is 134 Å². The highest BCUT2D eigenvalue weighted by Crippen LogP contribution is 2.54. The topological polar surface area (TPSA) is 141 Å². The smallest absolute Gasteiger partial charge is 0.172 e. The summed E-state index contributed by atoms with van der Waals surface area (Å²) in [5.41, 5.74) is 2.21. The zero-order valence-electron chi connectivity index (χ0n) is 31.3. The van der Waals surface area contributed by atoms with Crippen LogP contribution < -0.4 is 0 Å². The van der Waals surface area contributed by atoms with Crippen molar-refractivity contribution in [3.8, 4) is 0 Å². The molecule has 0 amide bonds. The van der Waals surface area contributed by atoms with E-state index in [9.17, 15) is 15.0 Å². The second kappa shape index (κ2) is 14.9. The summed E-state index contributed by atoms with van der Waals surface area (Å²) in [6.45, 7) is 10.8. The minimum Gasteiger partial charge on any atom is -0.394 e. The molecule has 0 aromatic heterocycles. The molecular formula is C41H60O12. The summed E-state index contributed by atoms with van der Waals surface area (Å²) in [6, 6.07) is 0. The maximum Gasteiger partial charge on any atom is 0.172 e. The van der Waals surface area contributed by atoms with Crippen LogP contribution in [0.15, 0.2) is 24.3 Å². The molecule has 5 unspecified atom stereocenters. The predicted molar refractivity (Wildman–Crippen MR) is 189 cm³/mol. The number of aliphatic hydroxyl groups is 2. The molecule has 0 aliphatic carbocycles. The van der Waals surface area contributed by atoms with E-state index in [1.165, 1.54) is 0 Å². The van der Waals surface area contributed by atoms with Crippen molar-refractivity contribution >= 4 is 6.29 Å². The van der Waals surface area contributed by atoms with Gasteiger partial charge in [0, 0.05) is 44.6 Å². The minimum absolute atomic E-state index is 0.0169. The molecule has 0 radical (unpaired) electrons. The van der Waals surface area contributed by atoms with E-state index in [1.54, 1.807) is 7.11 Å². The van der Waals surface area contributed by atoms with E-state index in [4.69, 9.17) is 42.6 Å². The first kappa shape index (κ1) is 37.3. The Hall–Kier alpha value is -1.29. The fraction of sp³-hybridized carbons (Fsp3) is 0.878. The molecule has 0 aromatic carbocycles. The number of hydrogen-bond donors (Lipinski definition) is 2. The summed E-state index contributed by atoms with van der Waals surface area (Å²) >= 11 is 0. The molecule has 1 spiro atoms. The van der Waals surface area contributed by atoms with Crippen LogP contribution in [0.4, 0.5) is 0 Å². The van der Waals surface area contributed by atoms with Gasteiger partial charge in [0.15, 0.2) is 5.79 Å². The van der Waals surface area contributed by atoms with Crippen molar-refractivity contribution < 1.29 is 57.6 Å². The number of rotatable bonds is 5. The van der Waals surface area contributed by atoms with E-state index in [0.29, 0.717) is 38.5 Å². The lowest BCUT2D eigenvalue weighted by Gasteiger charge is -2.48. The third-order valence-electron chi connectivity index (χ3n) is 14.4. The Bertz CT molecular complexity index is 1380. The Morgan fingerprint density at radius 2 is 1.57 bits per heavy atom.